The van der Waals surface area contributed by atoms with Gasteiger partial charge in [0, 0.05) is 0 Å². The smallest absolute Gasteiger partial charge is 0.293 e. The maximum absolute atomic E-state index is 13.3. The Bertz CT molecular complexity index is 971. The molecule has 1 heterocycles. The summed E-state index contributed by atoms with van der Waals surface area (Å²) in [6, 6.07) is 9.36. The average molecular weight is 399 g/mol. The number of alkyl halides is 3. The molecule has 0 spiro atoms. The van der Waals surface area contributed by atoms with E-state index in [0.29, 0.717) is 5.56 Å². The van der Waals surface area contributed by atoms with Gasteiger partial charge >= 0.3 is 6.18 Å². The minimum Gasteiger partial charge on any atom is -0.293 e. The van der Waals surface area contributed by atoms with Crippen molar-refractivity contribution in [2.45, 2.75) is 24.0 Å². The molecule has 0 bridgehead atoms. The van der Waals surface area contributed by atoms with Crippen molar-refractivity contribution in [3.05, 3.63) is 65.7 Å². The van der Waals surface area contributed by atoms with E-state index in [4.69, 9.17) is 5.14 Å². The summed E-state index contributed by atoms with van der Waals surface area (Å²) in [6.45, 7) is 1.84. The molecule has 10 heteroatoms. The number of hydrazine groups is 1. The molecule has 3 rings (SSSR count). The number of benzene rings is 2. The SMILES string of the molecule is Cc1ccc(C2=CC(C(F)(F)F)N(O)N2c2ccc(S(N)(=O)=O)cc2)cc1. The van der Waals surface area contributed by atoms with Crippen LogP contribution in [0.15, 0.2) is 59.5 Å². The third kappa shape index (κ3) is 3.83. The summed E-state index contributed by atoms with van der Waals surface area (Å²) in [6.07, 6.45) is -3.81. The number of hydroxylamine groups is 1. The van der Waals surface area contributed by atoms with E-state index < -0.39 is 22.2 Å². The van der Waals surface area contributed by atoms with Crippen molar-refractivity contribution in [3.8, 4) is 0 Å². The second-order valence-corrected chi connectivity index (χ2v) is 7.64. The van der Waals surface area contributed by atoms with Crippen LogP contribution in [0.25, 0.3) is 5.70 Å². The molecule has 3 N–H and O–H groups in total. The van der Waals surface area contributed by atoms with Crippen molar-refractivity contribution >= 4 is 21.4 Å². The van der Waals surface area contributed by atoms with Gasteiger partial charge in [-0.1, -0.05) is 35.0 Å². The highest BCUT2D eigenvalue weighted by Gasteiger charge is 2.49. The van der Waals surface area contributed by atoms with E-state index in [0.717, 1.165) is 28.8 Å². The molecule has 0 saturated carbocycles. The number of sulfonamides is 1. The second kappa shape index (κ2) is 6.64. The standard InChI is InChI=1S/C17H16F3N3O3S/c1-11-2-4-12(5-3-11)15-10-16(17(18,19)20)23(24)22(15)13-6-8-14(9-7-13)27(21,25)26/h2-10,16,24H,1H3,(H2,21,25,26). The highest BCUT2D eigenvalue weighted by atomic mass is 32.2. The summed E-state index contributed by atoms with van der Waals surface area (Å²) >= 11 is 0. The van der Waals surface area contributed by atoms with Crippen molar-refractivity contribution in [3.63, 3.8) is 0 Å². The molecule has 144 valence electrons. The monoisotopic (exact) mass is 399 g/mol. The zero-order valence-electron chi connectivity index (χ0n) is 14.1. The molecule has 6 nitrogen and oxygen atoms in total. The summed E-state index contributed by atoms with van der Waals surface area (Å²) in [5.41, 5.74) is 1.64. The average Bonchev–Trinajstić information content (AvgIpc) is 2.92. The number of aryl methyl sites for hydroxylation is 1. The van der Waals surface area contributed by atoms with Crippen LogP contribution in [0.2, 0.25) is 0 Å². The van der Waals surface area contributed by atoms with E-state index in [-0.39, 0.29) is 21.5 Å². The molecule has 2 aromatic carbocycles. The molecule has 0 fully saturated rings. The molecule has 0 aliphatic carbocycles. The third-order valence-electron chi connectivity index (χ3n) is 4.09. The van der Waals surface area contributed by atoms with Crippen LogP contribution < -0.4 is 10.1 Å². The van der Waals surface area contributed by atoms with E-state index in [1.165, 1.54) is 12.1 Å². The van der Waals surface area contributed by atoms with Crippen LogP contribution in [-0.4, -0.2) is 31.0 Å². The normalized spacial score (nSPS) is 18.7. The molecule has 0 saturated heterocycles. The number of halogens is 3. The summed E-state index contributed by atoms with van der Waals surface area (Å²) in [4.78, 5) is -0.192. The van der Waals surface area contributed by atoms with E-state index in [1.54, 1.807) is 24.3 Å². The molecule has 1 atom stereocenters. The summed E-state index contributed by atoms with van der Waals surface area (Å²) < 4.78 is 62.7. The van der Waals surface area contributed by atoms with Crippen LogP contribution in [0.4, 0.5) is 18.9 Å². The highest BCUT2D eigenvalue weighted by Crippen LogP contribution is 2.39. The van der Waals surface area contributed by atoms with E-state index in [9.17, 15) is 26.8 Å². The molecule has 1 unspecified atom stereocenters. The Morgan fingerprint density at radius 1 is 1.04 bits per heavy atom. The number of nitrogens with zero attached hydrogens (tertiary/aromatic N) is 2. The Morgan fingerprint density at radius 3 is 2.07 bits per heavy atom. The summed E-state index contributed by atoms with van der Waals surface area (Å²) in [5, 5.41) is 16.3. The van der Waals surface area contributed by atoms with Crippen LogP contribution in [-0.2, 0) is 10.0 Å². The Balaban J connectivity index is 2.08. The van der Waals surface area contributed by atoms with Gasteiger partial charge in [-0.25, -0.2) is 13.6 Å². The number of rotatable bonds is 3. The lowest BCUT2D eigenvalue weighted by Crippen LogP contribution is -2.46. The maximum atomic E-state index is 13.3. The fourth-order valence-corrected chi connectivity index (χ4v) is 3.24. The van der Waals surface area contributed by atoms with Crippen molar-refractivity contribution in [2.24, 2.45) is 5.14 Å². The van der Waals surface area contributed by atoms with E-state index >= 15 is 0 Å². The Kier molecular flexibility index (Phi) is 4.76. The van der Waals surface area contributed by atoms with Gasteiger partial charge in [-0.15, -0.1) is 0 Å². The first-order valence-corrected chi connectivity index (χ1v) is 9.30. The summed E-state index contributed by atoms with van der Waals surface area (Å²) in [5.74, 6) is 0. The molecular weight excluding hydrogens is 383 g/mol. The van der Waals surface area contributed by atoms with Gasteiger partial charge in [0.05, 0.1) is 16.3 Å². The highest BCUT2D eigenvalue weighted by molar-refractivity contribution is 7.89. The van der Waals surface area contributed by atoms with Crippen molar-refractivity contribution in [2.75, 3.05) is 5.01 Å². The van der Waals surface area contributed by atoms with Gasteiger partial charge in [0.2, 0.25) is 10.0 Å². The van der Waals surface area contributed by atoms with Gasteiger partial charge in [-0.05, 0) is 42.8 Å². The predicted octanol–water partition coefficient (Wildman–Crippen LogP) is 3.04. The molecule has 27 heavy (non-hydrogen) atoms. The lowest BCUT2D eigenvalue weighted by Gasteiger charge is -2.31. The van der Waals surface area contributed by atoms with Crippen LogP contribution in [0, 0.1) is 6.92 Å². The van der Waals surface area contributed by atoms with Crippen LogP contribution >= 0.6 is 0 Å². The summed E-state index contributed by atoms with van der Waals surface area (Å²) in [7, 11) is -3.95. The minimum atomic E-state index is -4.71. The Morgan fingerprint density at radius 2 is 1.59 bits per heavy atom. The Labute approximate surface area is 153 Å². The van der Waals surface area contributed by atoms with E-state index in [2.05, 4.69) is 0 Å². The first-order valence-electron chi connectivity index (χ1n) is 7.75. The zero-order chi connectivity index (χ0) is 20.0. The van der Waals surface area contributed by atoms with Gasteiger partial charge in [0.1, 0.15) is 0 Å². The molecule has 1 aliphatic heterocycles. The predicted molar refractivity (Wildman–Crippen MR) is 92.9 cm³/mol. The first kappa shape index (κ1) is 19.4. The Hall–Kier alpha value is -2.40. The molecule has 0 aromatic heterocycles. The number of anilines is 1. The fraction of sp³-hybridized carbons (Fsp3) is 0.176. The van der Waals surface area contributed by atoms with Crippen LogP contribution in [0.5, 0.6) is 0 Å². The van der Waals surface area contributed by atoms with Gasteiger partial charge < -0.3 is 0 Å². The number of hydrogen-bond acceptors (Lipinski definition) is 5. The molecule has 2 aromatic rings. The fourth-order valence-electron chi connectivity index (χ4n) is 2.72. The number of primary sulfonamides is 1. The molecular formula is C17H16F3N3O3S. The molecule has 0 amide bonds. The zero-order valence-corrected chi connectivity index (χ0v) is 14.9. The quantitative estimate of drug-likeness (QED) is 0.829. The van der Waals surface area contributed by atoms with Crippen molar-refractivity contribution < 1.29 is 26.8 Å². The topological polar surface area (TPSA) is 86.9 Å². The van der Waals surface area contributed by atoms with Crippen LogP contribution in [0.1, 0.15) is 11.1 Å². The van der Waals surface area contributed by atoms with Gasteiger partial charge in [0.25, 0.3) is 0 Å². The van der Waals surface area contributed by atoms with Gasteiger partial charge in [-0.3, -0.25) is 10.2 Å². The first-order chi connectivity index (χ1) is 12.5. The number of hydrogen-bond donors (Lipinski definition) is 2. The van der Waals surface area contributed by atoms with Gasteiger partial charge in [0.15, 0.2) is 6.04 Å². The van der Waals surface area contributed by atoms with Crippen molar-refractivity contribution in [1.29, 1.82) is 0 Å². The minimum absolute atomic E-state index is 0.0706. The molecule has 0 radical (unpaired) electrons. The molecule has 1 aliphatic rings. The maximum Gasteiger partial charge on any atom is 0.411 e. The second-order valence-electron chi connectivity index (χ2n) is 6.08. The van der Waals surface area contributed by atoms with Gasteiger partial charge in [-0.2, -0.15) is 13.2 Å². The van der Waals surface area contributed by atoms with E-state index in [1.807, 2.05) is 6.92 Å². The van der Waals surface area contributed by atoms with Crippen LogP contribution in [0.3, 0.4) is 0 Å². The van der Waals surface area contributed by atoms with Crippen molar-refractivity contribution in [1.82, 2.24) is 5.17 Å². The lowest BCUT2D eigenvalue weighted by atomic mass is 10.1. The third-order valence-corrected chi connectivity index (χ3v) is 5.02. The number of nitrogens with two attached hydrogens (primary N) is 1. The largest absolute Gasteiger partial charge is 0.411 e. The lowest BCUT2D eigenvalue weighted by molar-refractivity contribution is -0.231.